The van der Waals surface area contributed by atoms with Crippen molar-refractivity contribution in [2.75, 3.05) is 26.0 Å². The maximum atomic E-state index is 13.2. The van der Waals surface area contributed by atoms with Gasteiger partial charge in [-0.25, -0.2) is 8.78 Å². The number of halogens is 2. The van der Waals surface area contributed by atoms with Crippen molar-refractivity contribution >= 4 is 28.5 Å². The van der Waals surface area contributed by atoms with E-state index in [9.17, 15) is 18.4 Å². The molecule has 2 N–H and O–H groups in total. The molecule has 6 nitrogen and oxygen atoms in total. The highest BCUT2D eigenvalue weighted by Gasteiger charge is 2.22. The summed E-state index contributed by atoms with van der Waals surface area (Å²) >= 11 is 0. The van der Waals surface area contributed by atoms with Gasteiger partial charge >= 0.3 is 11.8 Å². The molecular formula is C20H19F2N3O3. The molecule has 146 valence electrons. The van der Waals surface area contributed by atoms with Crippen molar-refractivity contribution in [1.29, 1.82) is 0 Å². The van der Waals surface area contributed by atoms with Crippen LogP contribution in [0.25, 0.3) is 11.0 Å². The number of likely N-dealkylation sites (N-methyl/N-ethyl adjacent to an activating group) is 1. The zero-order valence-electron chi connectivity index (χ0n) is 15.3. The second kappa shape index (κ2) is 8.18. The van der Waals surface area contributed by atoms with Gasteiger partial charge in [0, 0.05) is 23.7 Å². The van der Waals surface area contributed by atoms with E-state index in [4.69, 9.17) is 4.42 Å². The normalized spacial score (nSPS) is 12.2. The lowest BCUT2D eigenvalue weighted by Gasteiger charge is -2.22. The van der Waals surface area contributed by atoms with Gasteiger partial charge in [0.05, 0.1) is 6.04 Å². The number of hydrogen-bond donors (Lipinski definition) is 2. The fraction of sp³-hybridized carbons (Fsp3) is 0.200. The van der Waals surface area contributed by atoms with Crippen LogP contribution in [-0.2, 0) is 9.59 Å². The van der Waals surface area contributed by atoms with E-state index in [0.717, 1.165) is 23.1 Å². The molecule has 3 aromatic rings. The van der Waals surface area contributed by atoms with Gasteiger partial charge in [-0.3, -0.25) is 14.5 Å². The number of hydrogen-bond acceptors (Lipinski definition) is 4. The fourth-order valence-electron chi connectivity index (χ4n) is 2.74. The molecular weight excluding hydrogens is 368 g/mol. The number of carbonyl (C=O) groups is 2. The van der Waals surface area contributed by atoms with Gasteiger partial charge in [0.25, 0.3) is 0 Å². The van der Waals surface area contributed by atoms with E-state index in [1.807, 2.05) is 49.3 Å². The van der Waals surface area contributed by atoms with Crippen molar-refractivity contribution in [1.82, 2.24) is 10.2 Å². The molecule has 0 radical (unpaired) electrons. The molecule has 0 saturated heterocycles. The molecule has 0 fully saturated rings. The lowest BCUT2D eigenvalue weighted by Crippen LogP contribution is -2.40. The molecule has 0 saturated carbocycles. The Kier molecular flexibility index (Phi) is 5.70. The first-order valence-corrected chi connectivity index (χ1v) is 8.54. The quantitative estimate of drug-likeness (QED) is 0.660. The van der Waals surface area contributed by atoms with E-state index in [1.165, 1.54) is 6.07 Å². The first-order chi connectivity index (χ1) is 13.3. The SMILES string of the molecule is CN(C)[C@@H](CNC(=O)C(=O)Nc1ccc(F)c(F)c1)c1cc2ccccc2o1. The molecule has 1 heterocycles. The molecule has 0 aliphatic rings. The predicted molar refractivity (Wildman–Crippen MR) is 101 cm³/mol. The maximum absolute atomic E-state index is 13.2. The number of nitrogens with one attached hydrogen (secondary N) is 2. The lowest BCUT2D eigenvalue weighted by atomic mass is 10.2. The zero-order valence-corrected chi connectivity index (χ0v) is 15.3. The van der Waals surface area contributed by atoms with Gasteiger partial charge in [-0.05, 0) is 38.4 Å². The number of carbonyl (C=O) groups excluding carboxylic acids is 2. The summed E-state index contributed by atoms with van der Waals surface area (Å²) in [5.74, 6) is -3.38. The highest BCUT2D eigenvalue weighted by atomic mass is 19.2. The van der Waals surface area contributed by atoms with Gasteiger partial charge < -0.3 is 15.1 Å². The van der Waals surface area contributed by atoms with Crippen molar-refractivity contribution in [3.05, 3.63) is 65.9 Å². The minimum absolute atomic E-state index is 0.0134. The summed E-state index contributed by atoms with van der Waals surface area (Å²) in [6.45, 7) is 0.122. The molecule has 0 bridgehead atoms. The summed E-state index contributed by atoms with van der Waals surface area (Å²) < 4.78 is 32.0. The molecule has 0 aliphatic carbocycles. The van der Waals surface area contributed by atoms with Gasteiger partial charge in [0.1, 0.15) is 11.3 Å². The summed E-state index contributed by atoms with van der Waals surface area (Å²) in [4.78, 5) is 25.9. The zero-order chi connectivity index (χ0) is 20.3. The van der Waals surface area contributed by atoms with Crippen LogP contribution in [0.3, 0.4) is 0 Å². The number of para-hydroxylation sites is 1. The van der Waals surface area contributed by atoms with Crippen LogP contribution in [0, 0.1) is 11.6 Å². The first kappa shape index (κ1) is 19.5. The molecule has 3 rings (SSSR count). The summed E-state index contributed by atoms with van der Waals surface area (Å²) in [6, 6.07) is 12.0. The average Bonchev–Trinajstić information content (AvgIpc) is 3.08. The smallest absolute Gasteiger partial charge is 0.313 e. The van der Waals surface area contributed by atoms with Gasteiger partial charge in [-0.15, -0.1) is 0 Å². The third-order valence-electron chi connectivity index (χ3n) is 4.24. The van der Waals surface area contributed by atoms with Crippen molar-refractivity contribution in [2.24, 2.45) is 0 Å². The Bertz CT molecular complexity index is 984. The number of benzene rings is 2. The Morgan fingerprint density at radius 1 is 1.04 bits per heavy atom. The molecule has 2 amide bonds. The molecule has 2 aromatic carbocycles. The van der Waals surface area contributed by atoms with Crippen molar-refractivity contribution in [2.45, 2.75) is 6.04 Å². The minimum atomic E-state index is -1.12. The molecule has 0 aliphatic heterocycles. The van der Waals surface area contributed by atoms with Crippen LogP contribution in [0.2, 0.25) is 0 Å². The Morgan fingerprint density at radius 2 is 1.79 bits per heavy atom. The third kappa shape index (κ3) is 4.34. The topological polar surface area (TPSA) is 74.6 Å². The van der Waals surface area contributed by atoms with Crippen LogP contribution < -0.4 is 10.6 Å². The summed E-state index contributed by atoms with van der Waals surface area (Å²) in [6.07, 6.45) is 0. The maximum Gasteiger partial charge on any atom is 0.313 e. The van der Waals surface area contributed by atoms with Crippen LogP contribution in [-0.4, -0.2) is 37.4 Å². The van der Waals surface area contributed by atoms with Gasteiger partial charge in [0.2, 0.25) is 0 Å². The summed E-state index contributed by atoms with van der Waals surface area (Å²) in [5.41, 5.74) is 0.715. The van der Waals surface area contributed by atoms with Crippen LogP contribution >= 0.6 is 0 Å². The highest BCUT2D eigenvalue weighted by molar-refractivity contribution is 6.39. The van der Waals surface area contributed by atoms with E-state index in [2.05, 4.69) is 10.6 Å². The number of anilines is 1. The van der Waals surface area contributed by atoms with Gasteiger partial charge in [-0.1, -0.05) is 18.2 Å². The molecule has 8 heteroatoms. The van der Waals surface area contributed by atoms with E-state index in [-0.39, 0.29) is 18.3 Å². The molecule has 1 atom stereocenters. The lowest BCUT2D eigenvalue weighted by molar-refractivity contribution is -0.136. The fourth-order valence-corrected chi connectivity index (χ4v) is 2.74. The van der Waals surface area contributed by atoms with E-state index < -0.39 is 23.4 Å². The Hall–Kier alpha value is -3.26. The minimum Gasteiger partial charge on any atom is -0.459 e. The molecule has 28 heavy (non-hydrogen) atoms. The Morgan fingerprint density at radius 3 is 2.46 bits per heavy atom. The standard InChI is InChI=1S/C20H19F2N3O3/c1-25(2)16(18-9-12-5-3-4-6-17(12)28-18)11-23-19(26)20(27)24-13-7-8-14(21)15(22)10-13/h3-10,16H,11H2,1-2H3,(H,23,26)(H,24,27)/t16-/m0/s1. The van der Waals surface area contributed by atoms with Gasteiger partial charge in [-0.2, -0.15) is 0 Å². The number of amides is 2. The van der Waals surface area contributed by atoms with Crippen molar-refractivity contribution < 1.29 is 22.8 Å². The summed E-state index contributed by atoms with van der Waals surface area (Å²) in [5, 5.41) is 5.70. The second-order valence-electron chi connectivity index (χ2n) is 6.46. The molecule has 0 spiro atoms. The monoisotopic (exact) mass is 387 g/mol. The highest BCUT2D eigenvalue weighted by Crippen LogP contribution is 2.26. The third-order valence-corrected chi connectivity index (χ3v) is 4.24. The van der Waals surface area contributed by atoms with Crippen LogP contribution in [0.5, 0.6) is 0 Å². The van der Waals surface area contributed by atoms with Crippen LogP contribution in [0.1, 0.15) is 11.8 Å². The van der Waals surface area contributed by atoms with Crippen molar-refractivity contribution in [3.8, 4) is 0 Å². The Labute approximate surface area is 160 Å². The van der Waals surface area contributed by atoms with E-state index >= 15 is 0 Å². The first-order valence-electron chi connectivity index (χ1n) is 8.54. The van der Waals surface area contributed by atoms with Crippen LogP contribution in [0.4, 0.5) is 14.5 Å². The number of rotatable bonds is 5. The number of nitrogens with zero attached hydrogens (tertiary/aromatic N) is 1. The van der Waals surface area contributed by atoms with Crippen molar-refractivity contribution in [3.63, 3.8) is 0 Å². The number of furan rings is 1. The van der Waals surface area contributed by atoms with E-state index in [0.29, 0.717) is 5.76 Å². The van der Waals surface area contributed by atoms with E-state index in [1.54, 1.807) is 0 Å². The molecule has 0 unspecified atom stereocenters. The average molecular weight is 387 g/mol. The van der Waals surface area contributed by atoms with Crippen LogP contribution in [0.15, 0.2) is 52.9 Å². The Balaban J connectivity index is 1.64. The molecule has 1 aromatic heterocycles. The second-order valence-corrected chi connectivity index (χ2v) is 6.46. The van der Waals surface area contributed by atoms with Gasteiger partial charge in [0.15, 0.2) is 11.6 Å². The number of fused-ring (bicyclic) bond motifs is 1. The summed E-state index contributed by atoms with van der Waals surface area (Å²) in [7, 11) is 3.65. The predicted octanol–water partition coefficient (Wildman–Crippen LogP) is 3.07. The largest absolute Gasteiger partial charge is 0.459 e.